The van der Waals surface area contributed by atoms with Gasteiger partial charge in [-0.05, 0) is 11.6 Å². The first-order valence-electron chi connectivity index (χ1n) is 4.45. The number of methoxy groups -OCH3 is 1. The van der Waals surface area contributed by atoms with Crippen LogP contribution >= 0.6 is 0 Å². The molecule has 0 unspecified atom stereocenters. The summed E-state index contributed by atoms with van der Waals surface area (Å²) in [5.41, 5.74) is 3.40. The van der Waals surface area contributed by atoms with Crippen LogP contribution in [0.1, 0.15) is 5.56 Å². The van der Waals surface area contributed by atoms with Crippen LogP contribution in [0, 0.1) is 0 Å². The van der Waals surface area contributed by atoms with E-state index < -0.39 is 0 Å². The summed E-state index contributed by atoms with van der Waals surface area (Å²) >= 11 is 0. The fraction of sp³-hybridized carbons (Fsp3) is 0.333. The monoisotopic (exact) mass is 210 g/mol. The number of hydrogen-bond donors (Lipinski definition) is 3. The molecule has 4 N–H and O–H groups in total. The highest BCUT2D eigenvalue weighted by Crippen LogP contribution is 2.02. The van der Waals surface area contributed by atoms with Crippen LogP contribution < -0.4 is 16.6 Å². The highest BCUT2D eigenvalue weighted by atomic mass is 16.5. The van der Waals surface area contributed by atoms with Gasteiger partial charge in [0.15, 0.2) is 0 Å². The Kier molecular flexibility index (Phi) is 4.52. The Labute approximate surface area is 87.8 Å². The lowest BCUT2D eigenvalue weighted by Crippen LogP contribution is -2.23. The summed E-state index contributed by atoms with van der Waals surface area (Å²) in [5.74, 6) is 5.48. The lowest BCUT2D eigenvalue weighted by molar-refractivity contribution is -0.139. The van der Waals surface area contributed by atoms with Gasteiger partial charge in [0.1, 0.15) is 5.82 Å². The van der Waals surface area contributed by atoms with Crippen LogP contribution in [0.15, 0.2) is 18.3 Å². The molecule has 82 valence electrons. The molecule has 0 radical (unpaired) electrons. The van der Waals surface area contributed by atoms with Crippen molar-refractivity contribution in [3.63, 3.8) is 0 Å². The van der Waals surface area contributed by atoms with Crippen molar-refractivity contribution in [3.8, 4) is 0 Å². The van der Waals surface area contributed by atoms with Crippen LogP contribution in [0.25, 0.3) is 0 Å². The summed E-state index contributed by atoms with van der Waals surface area (Å²) < 4.78 is 4.48. The highest BCUT2D eigenvalue weighted by Gasteiger charge is 1.99. The Morgan fingerprint density at radius 1 is 1.60 bits per heavy atom. The number of nitrogens with one attached hydrogen (secondary N) is 2. The van der Waals surface area contributed by atoms with Crippen LogP contribution in [0.3, 0.4) is 0 Å². The third-order valence-corrected chi connectivity index (χ3v) is 1.80. The largest absolute Gasteiger partial charge is 0.468 e. The number of hydrogen-bond acceptors (Lipinski definition) is 6. The maximum atomic E-state index is 10.8. The molecule has 0 saturated heterocycles. The van der Waals surface area contributed by atoms with Crippen molar-refractivity contribution in [3.05, 3.63) is 23.9 Å². The molecule has 0 atom stereocenters. The molecular formula is C9H14N4O2. The maximum Gasteiger partial charge on any atom is 0.319 e. The van der Waals surface area contributed by atoms with Crippen molar-refractivity contribution >= 4 is 11.8 Å². The van der Waals surface area contributed by atoms with Crippen LogP contribution in [-0.2, 0) is 16.1 Å². The lowest BCUT2D eigenvalue weighted by Gasteiger charge is -2.04. The number of pyridine rings is 1. The molecule has 1 heterocycles. The van der Waals surface area contributed by atoms with E-state index in [1.54, 1.807) is 12.3 Å². The highest BCUT2D eigenvalue weighted by molar-refractivity contribution is 5.71. The normalized spacial score (nSPS) is 9.73. The van der Waals surface area contributed by atoms with Crippen LogP contribution in [-0.4, -0.2) is 24.6 Å². The molecule has 1 rings (SSSR count). The Morgan fingerprint density at radius 2 is 2.40 bits per heavy atom. The number of aromatic nitrogens is 1. The summed E-state index contributed by atoms with van der Waals surface area (Å²) in [7, 11) is 1.35. The summed E-state index contributed by atoms with van der Waals surface area (Å²) in [6.45, 7) is 0.750. The quantitative estimate of drug-likeness (QED) is 0.349. The average molecular weight is 210 g/mol. The van der Waals surface area contributed by atoms with Crippen LogP contribution in [0.4, 0.5) is 5.82 Å². The molecule has 0 aliphatic rings. The van der Waals surface area contributed by atoms with Crippen molar-refractivity contribution in [2.24, 2.45) is 5.84 Å². The van der Waals surface area contributed by atoms with E-state index in [9.17, 15) is 4.79 Å². The first-order chi connectivity index (χ1) is 7.26. The maximum absolute atomic E-state index is 10.8. The molecule has 0 fully saturated rings. The standard InChI is InChI=1S/C9H14N4O2/c1-15-9(14)6-11-4-7-2-3-8(13-10)12-5-7/h2-3,5,11H,4,6,10H2,1H3,(H,12,13). The molecule has 15 heavy (non-hydrogen) atoms. The van der Waals surface area contributed by atoms with Crippen molar-refractivity contribution < 1.29 is 9.53 Å². The van der Waals surface area contributed by atoms with Gasteiger partial charge in [-0.15, -0.1) is 0 Å². The summed E-state index contributed by atoms with van der Waals surface area (Å²) in [5, 5.41) is 2.92. The van der Waals surface area contributed by atoms with Gasteiger partial charge in [-0.3, -0.25) is 4.79 Å². The molecule has 0 aromatic carbocycles. The van der Waals surface area contributed by atoms with Crippen molar-refractivity contribution in [1.82, 2.24) is 10.3 Å². The number of hydrazine groups is 1. The Balaban J connectivity index is 2.34. The minimum absolute atomic E-state index is 0.188. The third kappa shape index (κ3) is 3.92. The van der Waals surface area contributed by atoms with Crippen molar-refractivity contribution in [2.45, 2.75) is 6.54 Å². The van der Waals surface area contributed by atoms with Gasteiger partial charge in [0.05, 0.1) is 13.7 Å². The van der Waals surface area contributed by atoms with Gasteiger partial charge in [-0.2, -0.15) is 0 Å². The second-order valence-corrected chi connectivity index (χ2v) is 2.88. The predicted octanol–water partition coefficient (Wildman–Crippen LogP) is -0.370. The molecule has 1 aromatic rings. The van der Waals surface area contributed by atoms with E-state index in [1.165, 1.54) is 7.11 Å². The number of carbonyl (C=O) groups excluding carboxylic acids is 1. The van der Waals surface area contributed by atoms with E-state index in [4.69, 9.17) is 5.84 Å². The van der Waals surface area contributed by atoms with Gasteiger partial charge < -0.3 is 15.5 Å². The molecule has 0 bridgehead atoms. The topological polar surface area (TPSA) is 89.3 Å². The molecule has 1 aromatic heterocycles. The molecule has 0 spiro atoms. The minimum atomic E-state index is -0.289. The molecule has 6 heteroatoms. The van der Waals surface area contributed by atoms with Crippen molar-refractivity contribution in [2.75, 3.05) is 19.1 Å². The van der Waals surface area contributed by atoms with Gasteiger partial charge in [0, 0.05) is 12.7 Å². The van der Waals surface area contributed by atoms with Crippen molar-refractivity contribution in [1.29, 1.82) is 0 Å². The van der Waals surface area contributed by atoms with E-state index >= 15 is 0 Å². The van der Waals surface area contributed by atoms with E-state index in [2.05, 4.69) is 20.5 Å². The number of rotatable bonds is 5. The number of carbonyl (C=O) groups is 1. The Hall–Kier alpha value is -1.66. The van der Waals surface area contributed by atoms with E-state index in [-0.39, 0.29) is 12.5 Å². The second-order valence-electron chi connectivity index (χ2n) is 2.88. The first kappa shape index (κ1) is 11.4. The van der Waals surface area contributed by atoms with Gasteiger partial charge in [-0.1, -0.05) is 6.07 Å². The van der Waals surface area contributed by atoms with Gasteiger partial charge in [0.25, 0.3) is 0 Å². The molecule has 6 nitrogen and oxygen atoms in total. The fourth-order valence-corrected chi connectivity index (χ4v) is 0.996. The Bertz CT molecular complexity index is 312. The number of nitrogen functional groups attached to an aromatic ring is 1. The van der Waals surface area contributed by atoms with Gasteiger partial charge in [-0.25, -0.2) is 10.8 Å². The number of ether oxygens (including phenoxy) is 1. The van der Waals surface area contributed by atoms with Crippen LogP contribution in [0.5, 0.6) is 0 Å². The molecular weight excluding hydrogens is 196 g/mol. The predicted molar refractivity (Wildman–Crippen MR) is 55.8 cm³/mol. The third-order valence-electron chi connectivity index (χ3n) is 1.80. The smallest absolute Gasteiger partial charge is 0.319 e. The molecule has 0 amide bonds. The fourth-order valence-electron chi connectivity index (χ4n) is 0.996. The van der Waals surface area contributed by atoms with E-state index in [0.717, 1.165) is 5.56 Å². The molecule has 0 saturated carbocycles. The van der Waals surface area contributed by atoms with Gasteiger partial charge in [0.2, 0.25) is 0 Å². The zero-order chi connectivity index (χ0) is 11.1. The SMILES string of the molecule is COC(=O)CNCc1ccc(NN)nc1. The number of nitrogens with zero attached hydrogens (tertiary/aromatic N) is 1. The van der Waals surface area contributed by atoms with E-state index in [0.29, 0.717) is 12.4 Å². The number of anilines is 1. The van der Waals surface area contributed by atoms with Crippen LogP contribution in [0.2, 0.25) is 0 Å². The summed E-state index contributed by atoms with van der Waals surface area (Å²) in [6.07, 6.45) is 1.68. The zero-order valence-electron chi connectivity index (χ0n) is 8.49. The molecule has 0 aliphatic heterocycles. The number of esters is 1. The molecule has 0 aliphatic carbocycles. The second kappa shape index (κ2) is 5.94. The Morgan fingerprint density at radius 3 is 2.93 bits per heavy atom. The summed E-state index contributed by atoms with van der Waals surface area (Å²) in [4.78, 5) is 14.8. The van der Waals surface area contributed by atoms with E-state index in [1.807, 2.05) is 6.07 Å². The lowest BCUT2D eigenvalue weighted by atomic mass is 10.3. The average Bonchev–Trinajstić information content (AvgIpc) is 2.29. The van der Waals surface area contributed by atoms with Gasteiger partial charge >= 0.3 is 5.97 Å². The first-order valence-corrected chi connectivity index (χ1v) is 4.45. The summed E-state index contributed by atoms with van der Waals surface area (Å²) in [6, 6.07) is 3.63. The zero-order valence-corrected chi connectivity index (χ0v) is 8.49. The minimum Gasteiger partial charge on any atom is -0.468 e. The number of nitrogens with two attached hydrogens (primary N) is 1.